The molecule has 1 amide bonds. The molecular weight excluding hydrogens is 347 g/mol. The Morgan fingerprint density at radius 3 is 2.55 bits per heavy atom. The molecule has 0 spiro atoms. The third-order valence-electron chi connectivity index (χ3n) is 4.50. The van der Waals surface area contributed by atoms with Gasteiger partial charge in [0, 0.05) is 22.6 Å². The number of carbonyl (C=O) groups excluding carboxylic acids is 1. The Morgan fingerprint density at radius 1 is 1.27 bits per heavy atom. The van der Waals surface area contributed by atoms with E-state index in [0.717, 1.165) is 35.7 Å². The first kappa shape index (κ1) is 15.3. The number of H-pyrrole nitrogens is 1. The molecule has 0 aliphatic heterocycles. The van der Waals surface area contributed by atoms with Gasteiger partial charge in [-0.1, -0.05) is 25.0 Å². The third kappa shape index (κ3) is 3.09. The third-order valence-corrected chi connectivity index (χ3v) is 4.95. The van der Waals surface area contributed by atoms with Crippen LogP contribution in [0.2, 0.25) is 0 Å². The second-order valence-electron chi connectivity index (χ2n) is 5.91. The number of aromatic nitrogens is 1. The van der Waals surface area contributed by atoms with Crippen LogP contribution in [-0.4, -0.2) is 17.4 Å². The van der Waals surface area contributed by atoms with Crippen molar-refractivity contribution in [2.75, 3.05) is 6.54 Å². The Labute approximate surface area is 137 Å². The van der Waals surface area contributed by atoms with Crippen LogP contribution in [0, 0.1) is 5.82 Å². The molecule has 1 saturated carbocycles. The lowest BCUT2D eigenvalue weighted by atomic mass is 9.79. The standard InChI is InChI=1S/C17H18BrFN2O/c18-13-9-15(20-10-13)16(22)21-11-17(7-1-2-8-17)12-3-5-14(19)6-4-12/h3-6,9-10,20H,1-2,7-8,11H2,(H,21,22). The molecule has 1 aromatic carbocycles. The molecule has 3 rings (SSSR count). The summed E-state index contributed by atoms with van der Waals surface area (Å²) in [6.07, 6.45) is 6.06. The van der Waals surface area contributed by atoms with Crippen LogP contribution in [-0.2, 0) is 5.41 Å². The van der Waals surface area contributed by atoms with Gasteiger partial charge in [0.25, 0.3) is 5.91 Å². The van der Waals surface area contributed by atoms with E-state index < -0.39 is 0 Å². The second-order valence-corrected chi connectivity index (χ2v) is 6.82. The van der Waals surface area contributed by atoms with Gasteiger partial charge in [-0.15, -0.1) is 0 Å². The molecule has 22 heavy (non-hydrogen) atoms. The van der Waals surface area contributed by atoms with E-state index in [9.17, 15) is 9.18 Å². The number of carbonyl (C=O) groups is 1. The Hall–Kier alpha value is -1.62. The lowest BCUT2D eigenvalue weighted by molar-refractivity contribution is 0.0938. The van der Waals surface area contributed by atoms with Crippen LogP contribution >= 0.6 is 15.9 Å². The Morgan fingerprint density at radius 2 is 1.95 bits per heavy atom. The second kappa shape index (κ2) is 6.24. The monoisotopic (exact) mass is 364 g/mol. The van der Waals surface area contributed by atoms with Crippen molar-refractivity contribution in [3.05, 3.63) is 58.1 Å². The molecule has 0 radical (unpaired) electrons. The van der Waals surface area contributed by atoms with Gasteiger partial charge in [0.1, 0.15) is 11.5 Å². The van der Waals surface area contributed by atoms with Gasteiger partial charge in [0.05, 0.1) is 0 Å². The number of nitrogens with one attached hydrogen (secondary N) is 2. The van der Waals surface area contributed by atoms with Crippen LogP contribution in [0.1, 0.15) is 41.7 Å². The minimum Gasteiger partial charge on any atom is -0.356 e. The fraction of sp³-hybridized carbons (Fsp3) is 0.353. The van der Waals surface area contributed by atoms with Crippen LogP contribution in [0.4, 0.5) is 4.39 Å². The van der Waals surface area contributed by atoms with Crippen molar-refractivity contribution < 1.29 is 9.18 Å². The Bertz CT molecular complexity index is 660. The fourth-order valence-electron chi connectivity index (χ4n) is 3.27. The number of aromatic amines is 1. The maximum atomic E-state index is 13.2. The Kier molecular flexibility index (Phi) is 4.34. The lowest BCUT2D eigenvalue weighted by Gasteiger charge is -2.30. The maximum Gasteiger partial charge on any atom is 0.267 e. The summed E-state index contributed by atoms with van der Waals surface area (Å²) >= 11 is 3.33. The normalized spacial score (nSPS) is 16.6. The highest BCUT2D eigenvalue weighted by Gasteiger charge is 2.36. The van der Waals surface area contributed by atoms with E-state index in [2.05, 4.69) is 26.2 Å². The van der Waals surface area contributed by atoms with Crippen molar-refractivity contribution in [3.63, 3.8) is 0 Å². The average molecular weight is 365 g/mol. The fourth-order valence-corrected chi connectivity index (χ4v) is 3.61. The number of hydrogen-bond donors (Lipinski definition) is 2. The maximum absolute atomic E-state index is 13.2. The molecule has 5 heteroatoms. The van der Waals surface area contributed by atoms with Crippen molar-refractivity contribution in [1.82, 2.24) is 10.3 Å². The summed E-state index contributed by atoms with van der Waals surface area (Å²) in [5.41, 5.74) is 1.58. The number of halogens is 2. The molecule has 0 saturated heterocycles. The van der Waals surface area contributed by atoms with Gasteiger partial charge in [-0.2, -0.15) is 0 Å². The van der Waals surface area contributed by atoms with Crippen LogP contribution in [0.15, 0.2) is 41.0 Å². The highest BCUT2D eigenvalue weighted by atomic mass is 79.9. The molecule has 1 fully saturated rings. The van der Waals surface area contributed by atoms with E-state index in [1.54, 1.807) is 12.3 Å². The van der Waals surface area contributed by atoms with Gasteiger partial charge in [0.15, 0.2) is 0 Å². The van der Waals surface area contributed by atoms with Gasteiger partial charge in [-0.05, 0) is 52.5 Å². The molecule has 0 atom stereocenters. The molecule has 0 bridgehead atoms. The molecule has 3 nitrogen and oxygen atoms in total. The van der Waals surface area contributed by atoms with Crippen LogP contribution < -0.4 is 5.32 Å². The van der Waals surface area contributed by atoms with Crippen molar-refractivity contribution >= 4 is 21.8 Å². The van der Waals surface area contributed by atoms with Gasteiger partial charge >= 0.3 is 0 Å². The Balaban J connectivity index is 1.74. The van der Waals surface area contributed by atoms with Crippen molar-refractivity contribution in [3.8, 4) is 0 Å². The molecule has 2 N–H and O–H groups in total. The molecule has 1 aliphatic rings. The van der Waals surface area contributed by atoms with E-state index >= 15 is 0 Å². The predicted molar refractivity (Wildman–Crippen MR) is 87.4 cm³/mol. The van der Waals surface area contributed by atoms with Gasteiger partial charge in [0.2, 0.25) is 0 Å². The topological polar surface area (TPSA) is 44.9 Å². The molecule has 1 aromatic heterocycles. The van der Waals surface area contributed by atoms with Crippen molar-refractivity contribution in [2.45, 2.75) is 31.1 Å². The molecule has 1 aliphatic carbocycles. The summed E-state index contributed by atoms with van der Waals surface area (Å²) < 4.78 is 14.0. The quantitative estimate of drug-likeness (QED) is 0.840. The van der Waals surface area contributed by atoms with Gasteiger partial charge < -0.3 is 10.3 Å². The predicted octanol–water partition coefficient (Wildman–Crippen LogP) is 4.16. The first-order valence-electron chi connectivity index (χ1n) is 7.47. The summed E-state index contributed by atoms with van der Waals surface area (Å²) in [5, 5.41) is 3.02. The molecular formula is C17H18BrFN2O. The summed E-state index contributed by atoms with van der Waals surface area (Å²) in [6, 6.07) is 8.45. The number of rotatable bonds is 4. The lowest BCUT2D eigenvalue weighted by Crippen LogP contribution is -2.39. The minimum atomic E-state index is -0.225. The summed E-state index contributed by atoms with van der Waals surface area (Å²) in [7, 11) is 0. The molecule has 2 aromatic rings. The highest BCUT2D eigenvalue weighted by molar-refractivity contribution is 9.10. The summed E-state index contributed by atoms with van der Waals surface area (Å²) in [6.45, 7) is 0.577. The smallest absolute Gasteiger partial charge is 0.267 e. The zero-order valence-corrected chi connectivity index (χ0v) is 13.7. The van der Waals surface area contributed by atoms with Crippen molar-refractivity contribution in [1.29, 1.82) is 0 Å². The molecule has 1 heterocycles. The number of hydrogen-bond acceptors (Lipinski definition) is 1. The summed E-state index contributed by atoms with van der Waals surface area (Å²) in [5.74, 6) is -0.337. The minimum absolute atomic E-state index is 0.0762. The first-order valence-corrected chi connectivity index (χ1v) is 8.27. The summed E-state index contributed by atoms with van der Waals surface area (Å²) in [4.78, 5) is 15.2. The zero-order valence-electron chi connectivity index (χ0n) is 12.2. The van der Waals surface area contributed by atoms with Crippen LogP contribution in [0.3, 0.4) is 0 Å². The van der Waals surface area contributed by atoms with Crippen LogP contribution in [0.5, 0.6) is 0 Å². The van der Waals surface area contributed by atoms with Gasteiger partial charge in [-0.25, -0.2) is 4.39 Å². The zero-order chi connectivity index (χ0) is 15.6. The van der Waals surface area contributed by atoms with Crippen molar-refractivity contribution in [2.24, 2.45) is 0 Å². The molecule has 116 valence electrons. The largest absolute Gasteiger partial charge is 0.356 e. The molecule has 0 unspecified atom stereocenters. The van der Waals surface area contributed by atoms with Crippen LogP contribution in [0.25, 0.3) is 0 Å². The van der Waals surface area contributed by atoms with E-state index in [1.807, 2.05) is 12.1 Å². The average Bonchev–Trinajstić information content (AvgIpc) is 3.15. The first-order chi connectivity index (χ1) is 10.6. The van der Waals surface area contributed by atoms with E-state index in [0.29, 0.717) is 12.2 Å². The SMILES string of the molecule is O=C(NCC1(c2ccc(F)cc2)CCCC1)c1cc(Br)c[nH]1. The van der Waals surface area contributed by atoms with E-state index in [1.165, 1.54) is 12.1 Å². The van der Waals surface area contributed by atoms with Gasteiger partial charge in [-0.3, -0.25) is 4.79 Å². The number of benzene rings is 1. The highest BCUT2D eigenvalue weighted by Crippen LogP contribution is 2.40. The van der Waals surface area contributed by atoms with E-state index in [-0.39, 0.29) is 17.1 Å². The van der Waals surface area contributed by atoms with E-state index in [4.69, 9.17) is 0 Å². The number of amides is 1.